The van der Waals surface area contributed by atoms with Gasteiger partial charge in [-0.15, -0.1) is 0 Å². The molecule has 20 heavy (non-hydrogen) atoms. The number of halogens is 1. The molecule has 2 N–H and O–H groups in total. The van der Waals surface area contributed by atoms with E-state index in [0.29, 0.717) is 23.0 Å². The SMILES string of the molecule is CC(C)CN(CC(N)=O)C(C)C(=O)c1ccc(Cl)cc1. The summed E-state index contributed by atoms with van der Waals surface area (Å²) in [4.78, 5) is 25.4. The van der Waals surface area contributed by atoms with Gasteiger partial charge in [0.15, 0.2) is 5.78 Å². The van der Waals surface area contributed by atoms with Crippen molar-refractivity contribution in [1.29, 1.82) is 0 Å². The highest BCUT2D eigenvalue weighted by atomic mass is 35.5. The van der Waals surface area contributed by atoms with Gasteiger partial charge in [-0.1, -0.05) is 25.4 Å². The fourth-order valence-corrected chi connectivity index (χ4v) is 2.18. The molecule has 0 heterocycles. The molecule has 0 aromatic heterocycles. The van der Waals surface area contributed by atoms with Crippen molar-refractivity contribution in [1.82, 2.24) is 4.90 Å². The Morgan fingerprint density at radius 1 is 1.20 bits per heavy atom. The summed E-state index contributed by atoms with van der Waals surface area (Å²) in [5, 5.41) is 0.588. The number of nitrogens with two attached hydrogens (primary N) is 1. The Morgan fingerprint density at radius 3 is 2.20 bits per heavy atom. The van der Waals surface area contributed by atoms with E-state index in [-0.39, 0.29) is 12.3 Å². The number of ketones is 1. The number of nitrogens with zero attached hydrogens (tertiary/aromatic N) is 1. The summed E-state index contributed by atoms with van der Waals surface area (Å²) in [6, 6.07) is 6.36. The summed E-state index contributed by atoms with van der Waals surface area (Å²) < 4.78 is 0. The highest BCUT2D eigenvalue weighted by molar-refractivity contribution is 6.30. The first-order chi connectivity index (χ1) is 9.31. The van der Waals surface area contributed by atoms with Gasteiger partial charge >= 0.3 is 0 Å². The monoisotopic (exact) mass is 296 g/mol. The molecule has 1 rings (SSSR count). The molecule has 0 fully saturated rings. The second kappa shape index (κ2) is 7.41. The molecule has 110 valence electrons. The van der Waals surface area contributed by atoms with Crippen LogP contribution in [0, 0.1) is 5.92 Å². The van der Waals surface area contributed by atoms with Crippen molar-refractivity contribution in [3.05, 3.63) is 34.9 Å². The number of hydrogen-bond acceptors (Lipinski definition) is 3. The molecule has 1 unspecified atom stereocenters. The summed E-state index contributed by atoms with van der Waals surface area (Å²) in [6.45, 7) is 6.59. The minimum Gasteiger partial charge on any atom is -0.369 e. The highest BCUT2D eigenvalue weighted by Crippen LogP contribution is 2.14. The molecule has 1 amide bonds. The van der Waals surface area contributed by atoms with Gasteiger partial charge in [0.25, 0.3) is 0 Å². The Hall–Kier alpha value is -1.39. The summed E-state index contributed by atoms with van der Waals surface area (Å²) in [5.41, 5.74) is 5.84. The summed E-state index contributed by atoms with van der Waals surface area (Å²) in [5.74, 6) is -0.125. The highest BCUT2D eigenvalue weighted by Gasteiger charge is 2.24. The molecule has 0 aliphatic heterocycles. The van der Waals surface area contributed by atoms with Crippen LogP contribution in [0.1, 0.15) is 31.1 Å². The van der Waals surface area contributed by atoms with Gasteiger partial charge in [0.1, 0.15) is 0 Å². The number of rotatable bonds is 7. The summed E-state index contributed by atoms with van der Waals surface area (Å²) >= 11 is 5.81. The number of hydrogen-bond donors (Lipinski definition) is 1. The molecule has 1 atom stereocenters. The van der Waals surface area contributed by atoms with Gasteiger partial charge in [0.05, 0.1) is 12.6 Å². The summed E-state index contributed by atoms with van der Waals surface area (Å²) in [7, 11) is 0. The van der Waals surface area contributed by atoms with E-state index in [2.05, 4.69) is 0 Å². The van der Waals surface area contributed by atoms with Crippen LogP contribution >= 0.6 is 11.6 Å². The maximum Gasteiger partial charge on any atom is 0.231 e. The number of Topliss-reactive ketones (excluding diaryl/α,β-unsaturated/α-hetero) is 1. The van der Waals surface area contributed by atoms with Gasteiger partial charge in [-0.05, 0) is 37.1 Å². The van der Waals surface area contributed by atoms with Crippen LogP contribution in [0.5, 0.6) is 0 Å². The number of carbonyl (C=O) groups is 2. The Bertz CT molecular complexity index is 471. The van der Waals surface area contributed by atoms with E-state index >= 15 is 0 Å². The number of amides is 1. The topological polar surface area (TPSA) is 63.4 Å². The molecule has 0 saturated carbocycles. The lowest BCUT2D eigenvalue weighted by molar-refractivity contribution is -0.119. The lowest BCUT2D eigenvalue weighted by Gasteiger charge is -2.28. The Balaban J connectivity index is 2.86. The van der Waals surface area contributed by atoms with E-state index in [1.54, 1.807) is 31.2 Å². The van der Waals surface area contributed by atoms with Crippen LogP contribution in [0.4, 0.5) is 0 Å². The van der Waals surface area contributed by atoms with E-state index in [9.17, 15) is 9.59 Å². The maximum atomic E-state index is 12.4. The van der Waals surface area contributed by atoms with E-state index in [1.165, 1.54) is 0 Å². The van der Waals surface area contributed by atoms with E-state index in [1.807, 2.05) is 18.7 Å². The van der Waals surface area contributed by atoms with Crippen molar-refractivity contribution >= 4 is 23.3 Å². The number of carbonyl (C=O) groups excluding carboxylic acids is 2. The largest absolute Gasteiger partial charge is 0.369 e. The molecular formula is C15H21ClN2O2. The fraction of sp³-hybridized carbons (Fsp3) is 0.467. The van der Waals surface area contributed by atoms with Gasteiger partial charge in [0, 0.05) is 17.1 Å². The van der Waals surface area contributed by atoms with E-state index in [0.717, 1.165) is 0 Å². The molecule has 0 bridgehead atoms. The van der Waals surface area contributed by atoms with Crippen LogP contribution in [0.15, 0.2) is 24.3 Å². The van der Waals surface area contributed by atoms with Gasteiger partial charge in [-0.2, -0.15) is 0 Å². The third-order valence-corrected chi connectivity index (χ3v) is 3.27. The molecule has 0 spiro atoms. The van der Waals surface area contributed by atoms with E-state index < -0.39 is 11.9 Å². The van der Waals surface area contributed by atoms with Crippen LogP contribution in [0.3, 0.4) is 0 Å². The second-order valence-corrected chi connectivity index (χ2v) is 5.77. The van der Waals surface area contributed by atoms with E-state index in [4.69, 9.17) is 17.3 Å². The maximum absolute atomic E-state index is 12.4. The van der Waals surface area contributed by atoms with Crippen molar-refractivity contribution in [2.75, 3.05) is 13.1 Å². The lowest BCUT2D eigenvalue weighted by atomic mass is 10.0. The number of benzene rings is 1. The standard InChI is InChI=1S/C15H21ClN2O2/c1-10(2)8-18(9-14(17)19)11(3)15(20)12-4-6-13(16)7-5-12/h4-7,10-11H,8-9H2,1-3H3,(H2,17,19). The third kappa shape index (κ3) is 4.94. The zero-order chi connectivity index (χ0) is 15.3. The smallest absolute Gasteiger partial charge is 0.231 e. The van der Waals surface area contributed by atoms with Crippen LogP contribution in [0.25, 0.3) is 0 Å². The molecule has 1 aromatic carbocycles. The number of primary amides is 1. The predicted molar refractivity (Wildman–Crippen MR) is 80.8 cm³/mol. The molecule has 4 nitrogen and oxygen atoms in total. The molecule has 0 saturated heterocycles. The van der Waals surface area contributed by atoms with Crippen molar-refractivity contribution in [3.63, 3.8) is 0 Å². The third-order valence-electron chi connectivity index (χ3n) is 3.01. The second-order valence-electron chi connectivity index (χ2n) is 5.34. The molecule has 5 heteroatoms. The Labute approximate surface area is 124 Å². The lowest BCUT2D eigenvalue weighted by Crippen LogP contribution is -2.45. The van der Waals surface area contributed by atoms with Crippen molar-refractivity contribution in [2.45, 2.75) is 26.8 Å². The molecule has 0 aliphatic rings. The Morgan fingerprint density at radius 2 is 1.75 bits per heavy atom. The first-order valence-electron chi connectivity index (χ1n) is 6.63. The normalized spacial score (nSPS) is 12.7. The molecular weight excluding hydrogens is 276 g/mol. The quantitative estimate of drug-likeness (QED) is 0.786. The minimum atomic E-state index is -0.429. The zero-order valence-corrected chi connectivity index (χ0v) is 12.9. The van der Waals surface area contributed by atoms with Gasteiger partial charge in [-0.25, -0.2) is 0 Å². The van der Waals surface area contributed by atoms with Crippen molar-refractivity contribution in [2.24, 2.45) is 11.7 Å². The van der Waals surface area contributed by atoms with Crippen LogP contribution < -0.4 is 5.73 Å². The van der Waals surface area contributed by atoms with Crippen LogP contribution in [-0.2, 0) is 4.79 Å². The van der Waals surface area contributed by atoms with Gasteiger partial charge < -0.3 is 5.73 Å². The van der Waals surface area contributed by atoms with Gasteiger partial charge in [-0.3, -0.25) is 14.5 Å². The van der Waals surface area contributed by atoms with Crippen LogP contribution in [-0.4, -0.2) is 35.7 Å². The Kier molecular flexibility index (Phi) is 6.17. The first kappa shape index (κ1) is 16.7. The molecule has 0 aliphatic carbocycles. The zero-order valence-electron chi connectivity index (χ0n) is 12.1. The predicted octanol–water partition coefficient (Wildman–Crippen LogP) is 2.35. The molecule has 1 aromatic rings. The van der Waals surface area contributed by atoms with Crippen molar-refractivity contribution < 1.29 is 9.59 Å². The van der Waals surface area contributed by atoms with Crippen LogP contribution in [0.2, 0.25) is 5.02 Å². The minimum absolute atomic E-state index is 0.0384. The molecule has 0 radical (unpaired) electrons. The fourth-order valence-electron chi connectivity index (χ4n) is 2.05. The average molecular weight is 297 g/mol. The van der Waals surface area contributed by atoms with Crippen molar-refractivity contribution in [3.8, 4) is 0 Å². The average Bonchev–Trinajstić information content (AvgIpc) is 2.36. The van der Waals surface area contributed by atoms with Gasteiger partial charge in [0.2, 0.25) is 5.91 Å². The summed E-state index contributed by atoms with van der Waals surface area (Å²) in [6.07, 6.45) is 0. The first-order valence-corrected chi connectivity index (χ1v) is 7.01.